The molecule has 0 bridgehead atoms. The van der Waals surface area contributed by atoms with Crippen LogP contribution in [0.15, 0.2) is 97.1 Å². The van der Waals surface area contributed by atoms with Gasteiger partial charge in [-0.1, -0.05) is 74.5 Å². The number of aryl methyl sites for hydroxylation is 2. The number of nitrogens with zero attached hydrogens (tertiary/aromatic N) is 3. The highest BCUT2D eigenvalue weighted by molar-refractivity contribution is 5.63. The fourth-order valence-corrected chi connectivity index (χ4v) is 5.05. The van der Waals surface area contributed by atoms with Gasteiger partial charge in [-0.05, 0) is 71.5 Å². The Labute approximate surface area is 215 Å². The maximum atomic E-state index is 6.46. The van der Waals surface area contributed by atoms with E-state index in [2.05, 4.69) is 126 Å². The lowest BCUT2D eigenvalue weighted by Gasteiger charge is -2.42. The van der Waals surface area contributed by atoms with Crippen molar-refractivity contribution in [2.45, 2.75) is 39.8 Å². The Kier molecular flexibility index (Phi) is 7.13. The molecule has 2 N–H and O–H groups in total. The van der Waals surface area contributed by atoms with Crippen LogP contribution in [0.3, 0.4) is 0 Å². The fraction of sp³-hybridized carbons (Fsp3) is 0.250. The molecular formula is C32H36N4. The summed E-state index contributed by atoms with van der Waals surface area (Å²) in [5, 5.41) is 0. The van der Waals surface area contributed by atoms with Crippen LogP contribution < -0.4 is 20.4 Å². The molecule has 0 atom stereocenters. The largest absolute Gasteiger partial charge is 0.398 e. The van der Waals surface area contributed by atoms with Crippen molar-refractivity contribution in [3.8, 4) is 0 Å². The predicted molar refractivity (Wildman–Crippen MR) is 154 cm³/mol. The second-order valence-corrected chi connectivity index (χ2v) is 9.59. The van der Waals surface area contributed by atoms with Gasteiger partial charge in [0.05, 0.1) is 13.3 Å². The van der Waals surface area contributed by atoms with Crippen molar-refractivity contribution in [2.75, 3.05) is 33.8 Å². The van der Waals surface area contributed by atoms with Gasteiger partial charge in [-0.25, -0.2) is 0 Å². The third kappa shape index (κ3) is 5.18. The number of hydrogen-bond donors (Lipinski definition) is 1. The first kappa shape index (κ1) is 23.8. The van der Waals surface area contributed by atoms with E-state index in [1.54, 1.807) is 0 Å². The number of nitrogen functional groups attached to an aromatic ring is 1. The maximum Gasteiger partial charge on any atom is 0.0923 e. The van der Waals surface area contributed by atoms with Crippen LogP contribution in [0.1, 0.15) is 36.1 Å². The highest BCUT2D eigenvalue weighted by atomic mass is 15.4. The molecule has 1 aliphatic heterocycles. The highest BCUT2D eigenvalue weighted by Gasteiger charge is 2.25. The number of hydrogen-bond acceptors (Lipinski definition) is 4. The zero-order valence-electron chi connectivity index (χ0n) is 21.4. The van der Waals surface area contributed by atoms with Crippen LogP contribution in [-0.2, 0) is 25.9 Å². The van der Waals surface area contributed by atoms with E-state index in [0.29, 0.717) is 0 Å². The maximum absolute atomic E-state index is 6.46. The summed E-state index contributed by atoms with van der Waals surface area (Å²) in [5.74, 6) is 0. The Morgan fingerprint density at radius 2 is 1.44 bits per heavy atom. The van der Waals surface area contributed by atoms with Crippen LogP contribution in [-0.4, -0.2) is 13.3 Å². The van der Waals surface area contributed by atoms with Crippen molar-refractivity contribution in [1.82, 2.24) is 0 Å². The molecule has 0 fully saturated rings. The molecule has 0 aromatic heterocycles. The lowest BCUT2D eigenvalue weighted by Crippen LogP contribution is -2.47. The van der Waals surface area contributed by atoms with Gasteiger partial charge in [-0.2, -0.15) is 0 Å². The van der Waals surface area contributed by atoms with E-state index in [0.717, 1.165) is 45.0 Å². The van der Waals surface area contributed by atoms with Crippen molar-refractivity contribution in [2.24, 2.45) is 0 Å². The Balaban J connectivity index is 1.51. The first-order valence-electron chi connectivity index (χ1n) is 13.0. The normalized spacial score (nSPS) is 12.9. The molecule has 0 amide bonds. The summed E-state index contributed by atoms with van der Waals surface area (Å²) in [7, 11) is 0. The van der Waals surface area contributed by atoms with Gasteiger partial charge in [0.25, 0.3) is 0 Å². The average molecular weight is 477 g/mol. The molecule has 4 heteroatoms. The Bertz CT molecular complexity index is 1290. The van der Waals surface area contributed by atoms with Crippen LogP contribution >= 0.6 is 0 Å². The molecule has 0 aliphatic carbocycles. The zero-order valence-corrected chi connectivity index (χ0v) is 21.4. The number of benzene rings is 4. The summed E-state index contributed by atoms with van der Waals surface area (Å²) in [6, 6.07) is 34.9. The van der Waals surface area contributed by atoms with Crippen molar-refractivity contribution < 1.29 is 0 Å². The monoisotopic (exact) mass is 476 g/mol. The predicted octanol–water partition coefficient (Wildman–Crippen LogP) is 6.84. The number of anilines is 4. The molecule has 4 aromatic carbocycles. The van der Waals surface area contributed by atoms with Crippen molar-refractivity contribution in [3.63, 3.8) is 0 Å². The summed E-state index contributed by atoms with van der Waals surface area (Å²) < 4.78 is 0. The topological polar surface area (TPSA) is 35.7 Å². The summed E-state index contributed by atoms with van der Waals surface area (Å²) in [5.41, 5.74) is 16.3. The van der Waals surface area contributed by atoms with Crippen LogP contribution in [0, 0.1) is 0 Å². The molecule has 0 unspecified atom stereocenters. The van der Waals surface area contributed by atoms with E-state index in [9.17, 15) is 0 Å². The Morgan fingerprint density at radius 3 is 2.17 bits per heavy atom. The molecule has 0 saturated carbocycles. The van der Waals surface area contributed by atoms with E-state index in [1.807, 2.05) is 0 Å². The molecule has 5 rings (SSSR count). The Hall–Kier alpha value is -3.92. The SMILES string of the molecule is CCc1ccc(N)c(CN(CN2CN(c3ccccc3)Cc3cc(CC)ccc32)c2ccccc2)c1. The summed E-state index contributed by atoms with van der Waals surface area (Å²) >= 11 is 0. The van der Waals surface area contributed by atoms with Gasteiger partial charge in [0.2, 0.25) is 0 Å². The number of rotatable bonds is 8. The molecule has 4 aromatic rings. The van der Waals surface area contributed by atoms with Gasteiger partial charge < -0.3 is 20.4 Å². The van der Waals surface area contributed by atoms with Crippen LogP contribution in [0.5, 0.6) is 0 Å². The third-order valence-electron chi connectivity index (χ3n) is 7.16. The van der Waals surface area contributed by atoms with Gasteiger partial charge in [0, 0.05) is 35.8 Å². The quantitative estimate of drug-likeness (QED) is 0.282. The van der Waals surface area contributed by atoms with Crippen molar-refractivity contribution in [1.29, 1.82) is 0 Å². The van der Waals surface area contributed by atoms with E-state index in [1.165, 1.54) is 39.3 Å². The van der Waals surface area contributed by atoms with E-state index < -0.39 is 0 Å². The first-order valence-corrected chi connectivity index (χ1v) is 13.0. The molecular weight excluding hydrogens is 440 g/mol. The minimum Gasteiger partial charge on any atom is -0.398 e. The minimum absolute atomic E-state index is 0.758. The van der Waals surface area contributed by atoms with Gasteiger partial charge in [0.15, 0.2) is 0 Å². The molecule has 0 saturated heterocycles. The molecule has 184 valence electrons. The van der Waals surface area contributed by atoms with Gasteiger partial charge in [-0.3, -0.25) is 0 Å². The van der Waals surface area contributed by atoms with Gasteiger partial charge in [-0.15, -0.1) is 0 Å². The van der Waals surface area contributed by atoms with Gasteiger partial charge in [0.1, 0.15) is 0 Å². The lowest BCUT2D eigenvalue weighted by molar-refractivity contribution is 0.655. The van der Waals surface area contributed by atoms with Crippen molar-refractivity contribution in [3.05, 3.63) is 119 Å². The standard InChI is InChI=1S/C32H36N4/c1-3-25-15-17-31(33)27(19-25)21-34(29-11-7-5-8-12-29)23-36-24-35(30-13-9-6-10-14-30)22-28-20-26(4-2)16-18-32(28)36/h5-20H,3-4,21-24,33H2,1-2H3. The summed E-state index contributed by atoms with van der Waals surface area (Å²) in [4.78, 5) is 7.41. The van der Waals surface area contributed by atoms with Crippen LogP contribution in [0.2, 0.25) is 0 Å². The van der Waals surface area contributed by atoms with Gasteiger partial charge >= 0.3 is 0 Å². The van der Waals surface area contributed by atoms with Crippen LogP contribution in [0.4, 0.5) is 22.7 Å². The molecule has 4 nitrogen and oxygen atoms in total. The average Bonchev–Trinajstić information content (AvgIpc) is 2.94. The second kappa shape index (κ2) is 10.8. The second-order valence-electron chi connectivity index (χ2n) is 9.59. The number of nitrogens with two attached hydrogens (primary N) is 1. The molecule has 36 heavy (non-hydrogen) atoms. The smallest absolute Gasteiger partial charge is 0.0923 e. The molecule has 1 aliphatic rings. The third-order valence-corrected chi connectivity index (χ3v) is 7.16. The van der Waals surface area contributed by atoms with E-state index >= 15 is 0 Å². The zero-order chi connectivity index (χ0) is 24.9. The van der Waals surface area contributed by atoms with Crippen molar-refractivity contribution >= 4 is 22.7 Å². The first-order chi connectivity index (χ1) is 17.6. The molecule has 0 radical (unpaired) electrons. The summed E-state index contributed by atoms with van der Waals surface area (Å²) in [6.07, 6.45) is 2.05. The lowest BCUT2D eigenvalue weighted by atomic mass is 10.0. The summed E-state index contributed by atoms with van der Waals surface area (Å²) in [6.45, 7) is 7.69. The minimum atomic E-state index is 0.758. The highest BCUT2D eigenvalue weighted by Crippen LogP contribution is 2.33. The van der Waals surface area contributed by atoms with Crippen LogP contribution in [0.25, 0.3) is 0 Å². The fourth-order valence-electron chi connectivity index (χ4n) is 5.05. The number of para-hydroxylation sites is 2. The van der Waals surface area contributed by atoms with E-state index in [-0.39, 0.29) is 0 Å². The van der Waals surface area contributed by atoms with E-state index in [4.69, 9.17) is 5.73 Å². The Morgan fingerprint density at radius 1 is 0.778 bits per heavy atom. The molecule has 0 spiro atoms. The molecule has 1 heterocycles. The number of fused-ring (bicyclic) bond motifs is 1.